The van der Waals surface area contributed by atoms with Gasteiger partial charge in [0, 0.05) is 0 Å². The lowest BCUT2D eigenvalue weighted by Gasteiger charge is -1.94. The third kappa shape index (κ3) is 7.79. The van der Waals surface area contributed by atoms with Gasteiger partial charge in [-0.15, -0.1) is 0 Å². The largest absolute Gasteiger partial charge is 0.673 e. The molecule has 0 saturated heterocycles. The molecule has 1 heterocycles. The first-order valence-corrected chi connectivity index (χ1v) is 9.32. The summed E-state index contributed by atoms with van der Waals surface area (Å²) < 4.78 is 42.6. The van der Waals surface area contributed by atoms with Crippen LogP contribution >= 0.6 is 11.8 Å². The highest BCUT2D eigenvalue weighted by molar-refractivity contribution is 7.98. The van der Waals surface area contributed by atoms with Crippen molar-refractivity contribution >= 4 is 31.4 Å². The highest BCUT2D eigenvalue weighted by Crippen LogP contribution is 2.10. The van der Waals surface area contributed by atoms with Gasteiger partial charge in [-0.2, -0.15) is 0 Å². The molecule has 0 unspecified atom stereocenters. The molecule has 0 amide bonds. The molecule has 0 radical (unpaired) electrons. The van der Waals surface area contributed by atoms with Gasteiger partial charge in [0.25, 0.3) is 0 Å². The van der Waals surface area contributed by atoms with Crippen LogP contribution in [-0.4, -0.2) is 30.6 Å². The fourth-order valence-electron chi connectivity index (χ4n) is 2.06. The zero-order valence-corrected chi connectivity index (χ0v) is 15.7. The Hall–Kier alpha value is -2.88. The quantitative estimate of drug-likeness (QED) is 0.200. The van der Waals surface area contributed by atoms with Gasteiger partial charge in [-0.3, -0.25) is 0 Å². The van der Waals surface area contributed by atoms with Crippen molar-refractivity contribution < 1.29 is 21.9 Å². The first kappa shape index (κ1) is 21.4. The minimum Gasteiger partial charge on any atom is -0.418 e. The number of benzene rings is 2. The van der Waals surface area contributed by atoms with E-state index in [9.17, 15) is 17.3 Å². The van der Waals surface area contributed by atoms with E-state index in [0.717, 1.165) is 16.3 Å². The lowest BCUT2D eigenvalue weighted by atomic mass is 10.2. The Morgan fingerprint density at radius 2 is 1.39 bits per heavy atom. The molecule has 0 aliphatic heterocycles. The summed E-state index contributed by atoms with van der Waals surface area (Å²) in [5, 5.41) is 9.93. The van der Waals surface area contributed by atoms with E-state index in [4.69, 9.17) is 0 Å². The summed E-state index contributed by atoms with van der Waals surface area (Å²) >= 11 is 1.60. The fourth-order valence-corrected chi connectivity index (χ4v) is 2.65. The topological polar surface area (TPSA) is 33.5 Å². The van der Waals surface area contributed by atoms with Crippen molar-refractivity contribution in [2.75, 3.05) is 6.26 Å². The van der Waals surface area contributed by atoms with Crippen molar-refractivity contribution in [1.82, 2.24) is 4.68 Å². The number of halogens is 4. The fraction of sp³-hybridized carbons (Fsp3) is 0.0556. The van der Waals surface area contributed by atoms with Crippen LogP contribution in [0.3, 0.4) is 0 Å². The summed E-state index contributed by atoms with van der Waals surface area (Å²) in [7, 11) is -6.00. The normalized spacial score (nSPS) is 11.6. The van der Waals surface area contributed by atoms with E-state index in [2.05, 4.69) is 10.2 Å². The summed E-state index contributed by atoms with van der Waals surface area (Å²) in [6.45, 7) is 0. The SMILES string of the molecule is CSc1n(N=Cc2ccccc2)cc[n+]1N=Cc1ccccc1.F[B-](F)(F)F. The van der Waals surface area contributed by atoms with Crippen molar-refractivity contribution in [3.05, 3.63) is 84.2 Å². The molecule has 2 aromatic carbocycles. The lowest BCUT2D eigenvalue weighted by Crippen LogP contribution is -2.28. The molecule has 0 aliphatic rings. The maximum absolute atomic E-state index is 9.75. The molecule has 0 atom stereocenters. The van der Waals surface area contributed by atoms with Crippen LogP contribution < -0.4 is 4.68 Å². The number of hydrogen-bond donors (Lipinski definition) is 0. The van der Waals surface area contributed by atoms with Gasteiger partial charge in [0.05, 0.1) is 12.4 Å². The molecule has 0 saturated carbocycles. The van der Waals surface area contributed by atoms with E-state index < -0.39 is 7.25 Å². The Balaban J connectivity index is 0.000000500. The van der Waals surface area contributed by atoms with E-state index in [1.807, 2.05) is 101 Å². The summed E-state index contributed by atoms with van der Waals surface area (Å²) in [5.41, 5.74) is 2.13. The molecular formula is C18H17BF4N4S. The minimum atomic E-state index is -6.00. The summed E-state index contributed by atoms with van der Waals surface area (Å²) in [5.74, 6) is 0. The van der Waals surface area contributed by atoms with Crippen LogP contribution in [0, 0.1) is 0 Å². The molecule has 10 heteroatoms. The van der Waals surface area contributed by atoms with Gasteiger partial charge in [0.15, 0.2) is 12.4 Å². The van der Waals surface area contributed by atoms with Crippen LogP contribution in [0.2, 0.25) is 0 Å². The second-order valence-electron chi connectivity index (χ2n) is 5.28. The van der Waals surface area contributed by atoms with E-state index >= 15 is 0 Å². The summed E-state index contributed by atoms with van der Waals surface area (Å²) in [6.07, 6.45) is 9.48. The monoisotopic (exact) mass is 408 g/mol. The van der Waals surface area contributed by atoms with Gasteiger partial charge in [-0.1, -0.05) is 80.2 Å². The van der Waals surface area contributed by atoms with Gasteiger partial charge < -0.3 is 17.3 Å². The van der Waals surface area contributed by atoms with Crippen molar-refractivity contribution in [1.29, 1.82) is 0 Å². The maximum atomic E-state index is 9.75. The standard InChI is InChI=1S/C18H17N4S.BF4/c1-23-18-21(19-14-16-8-4-2-5-9-16)12-13-22(18)20-15-17-10-6-3-7-11-17;2-1(3,4)5/h2-15H,1H3;/q+1;-1. The Kier molecular flexibility index (Phi) is 8.00. The van der Waals surface area contributed by atoms with Crippen LogP contribution in [0.5, 0.6) is 0 Å². The molecule has 0 fully saturated rings. The van der Waals surface area contributed by atoms with Crippen LogP contribution in [0.4, 0.5) is 17.3 Å². The molecule has 0 N–H and O–H groups in total. The second-order valence-corrected chi connectivity index (χ2v) is 6.05. The van der Waals surface area contributed by atoms with Crippen molar-refractivity contribution in [3.8, 4) is 0 Å². The average Bonchev–Trinajstić information content (AvgIpc) is 3.07. The zero-order chi connectivity index (χ0) is 20.4. The van der Waals surface area contributed by atoms with E-state index in [-0.39, 0.29) is 0 Å². The molecular weight excluding hydrogens is 391 g/mol. The lowest BCUT2D eigenvalue weighted by molar-refractivity contribution is -0.715. The Labute approximate surface area is 164 Å². The van der Waals surface area contributed by atoms with Crippen LogP contribution in [0.15, 0.2) is 88.4 Å². The van der Waals surface area contributed by atoms with Crippen molar-refractivity contribution in [2.24, 2.45) is 10.2 Å². The number of aromatic nitrogens is 2. The van der Waals surface area contributed by atoms with E-state index in [1.54, 1.807) is 11.8 Å². The Bertz CT molecular complexity index is 839. The number of rotatable bonds is 5. The Morgan fingerprint density at radius 1 is 0.893 bits per heavy atom. The van der Waals surface area contributed by atoms with Crippen molar-refractivity contribution in [2.45, 2.75) is 5.16 Å². The molecule has 3 aromatic rings. The second kappa shape index (κ2) is 10.5. The molecule has 146 valence electrons. The number of hydrogen-bond acceptors (Lipinski definition) is 3. The molecule has 3 rings (SSSR count). The van der Waals surface area contributed by atoms with E-state index in [1.165, 1.54) is 0 Å². The zero-order valence-electron chi connectivity index (χ0n) is 14.9. The maximum Gasteiger partial charge on any atom is 0.673 e. The molecule has 0 bridgehead atoms. The number of imidazole rings is 1. The number of nitrogens with zero attached hydrogens (tertiary/aromatic N) is 4. The van der Waals surface area contributed by atoms with Gasteiger partial charge >= 0.3 is 12.4 Å². The smallest absolute Gasteiger partial charge is 0.418 e. The molecule has 28 heavy (non-hydrogen) atoms. The molecule has 0 spiro atoms. The Morgan fingerprint density at radius 3 is 1.89 bits per heavy atom. The van der Waals surface area contributed by atoms with Gasteiger partial charge in [-0.25, -0.2) is 0 Å². The molecule has 1 aromatic heterocycles. The highest BCUT2D eigenvalue weighted by atomic mass is 32.2. The van der Waals surface area contributed by atoms with Crippen molar-refractivity contribution in [3.63, 3.8) is 0 Å². The van der Waals surface area contributed by atoms with Gasteiger partial charge in [0.2, 0.25) is 0 Å². The van der Waals surface area contributed by atoms with Gasteiger partial charge in [0.1, 0.15) is 0 Å². The number of thioether (sulfide) groups is 1. The molecule has 0 aliphatic carbocycles. The average molecular weight is 408 g/mol. The van der Waals surface area contributed by atoms with Crippen LogP contribution in [-0.2, 0) is 0 Å². The van der Waals surface area contributed by atoms with E-state index in [0.29, 0.717) is 0 Å². The third-order valence-corrected chi connectivity index (χ3v) is 3.92. The summed E-state index contributed by atoms with van der Waals surface area (Å²) in [4.78, 5) is 0. The summed E-state index contributed by atoms with van der Waals surface area (Å²) in [6, 6.07) is 20.1. The van der Waals surface area contributed by atoms with Crippen LogP contribution in [0.1, 0.15) is 11.1 Å². The highest BCUT2D eigenvalue weighted by Gasteiger charge is 2.20. The predicted octanol–water partition coefficient (Wildman–Crippen LogP) is 4.56. The van der Waals surface area contributed by atoms with Gasteiger partial charge in [-0.05, 0) is 29.1 Å². The molecule has 4 nitrogen and oxygen atoms in total. The first-order valence-electron chi connectivity index (χ1n) is 8.10. The first-order chi connectivity index (χ1) is 13.4. The minimum absolute atomic E-state index is 0.935. The predicted molar refractivity (Wildman–Crippen MR) is 105 cm³/mol. The third-order valence-electron chi connectivity index (χ3n) is 3.19. The van der Waals surface area contributed by atoms with Crippen LogP contribution in [0.25, 0.3) is 0 Å².